The lowest BCUT2D eigenvalue weighted by Gasteiger charge is -2.00. The smallest absolute Gasteiger partial charge is 0.331 e. The van der Waals surface area contributed by atoms with E-state index in [0.717, 1.165) is 4.47 Å². The highest BCUT2D eigenvalue weighted by Crippen LogP contribution is 2.13. The molecule has 3 nitrogen and oxygen atoms in total. The molecule has 0 radical (unpaired) electrons. The molecule has 1 rings (SSSR count). The van der Waals surface area contributed by atoms with Crippen LogP contribution in [0.2, 0.25) is 0 Å². The number of halogens is 1. The molecular formula is C11H9BrO3. The topological polar surface area (TPSA) is 54.4 Å². The van der Waals surface area contributed by atoms with Crippen molar-refractivity contribution in [2.24, 2.45) is 0 Å². The molecule has 0 heterocycles. The summed E-state index contributed by atoms with van der Waals surface area (Å²) in [5.74, 6) is -1.38. The van der Waals surface area contributed by atoms with Gasteiger partial charge in [-0.15, -0.1) is 0 Å². The number of aliphatic carboxylic acids is 1. The molecule has 0 aromatic heterocycles. The first kappa shape index (κ1) is 11.7. The molecule has 0 aliphatic carbocycles. The summed E-state index contributed by atoms with van der Waals surface area (Å²) in [6.45, 7) is 3.31. The summed E-state index contributed by atoms with van der Waals surface area (Å²) in [5, 5.41) is 8.56. The van der Waals surface area contributed by atoms with Gasteiger partial charge in [-0.05, 0) is 12.1 Å². The predicted molar refractivity (Wildman–Crippen MR) is 59.9 cm³/mol. The average Bonchev–Trinajstić information content (AvgIpc) is 2.18. The first-order valence-corrected chi connectivity index (χ1v) is 5.00. The zero-order valence-corrected chi connectivity index (χ0v) is 9.45. The van der Waals surface area contributed by atoms with Crippen LogP contribution in [0.4, 0.5) is 0 Å². The molecule has 0 bridgehead atoms. The Balaban J connectivity index is 2.74. The van der Waals surface area contributed by atoms with Crippen LogP contribution in [-0.2, 0) is 4.79 Å². The number of carbonyl (C=O) groups is 2. The minimum Gasteiger partial charge on any atom is -0.478 e. The Bertz CT molecular complexity index is 406. The van der Waals surface area contributed by atoms with Crippen LogP contribution in [0.1, 0.15) is 16.8 Å². The quantitative estimate of drug-likeness (QED) is 0.675. The van der Waals surface area contributed by atoms with Gasteiger partial charge in [0.15, 0.2) is 5.78 Å². The fourth-order valence-corrected chi connectivity index (χ4v) is 1.27. The maximum absolute atomic E-state index is 11.5. The third-order valence-electron chi connectivity index (χ3n) is 1.84. The van der Waals surface area contributed by atoms with Crippen molar-refractivity contribution in [3.05, 3.63) is 46.5 Å². The van der Waals surface area contributed by atoms with Crippen molar-refractivity contribution in [1.29, 1.82) is 0 Å². The lowest BCUT2D eigenvalue weighted by molar-refractivity contribution is -0.132. The monoisotopic (exact) mass is 268 g/mol. The number of rotatable bonds is 4. The summed E-state index contributed by atoms with van der Waals surface area (Å²) in [5.41, 5.74) is 0.392. The highest BCUT2D eigenvalue weighted by molar-refractivity contribution is 9.10. The molecule has 78 valence electrons. The van der Waals surface area contributed by atoms with E-state index >= 15 is 0 Å². The molecule has 0 saturated heterocycles. The number of hydrogen-bond acceptors (Lipinski definition) is 2. The molecular weight excluding hydrogens is 260 g/mol. The van der Waals surface area contributed by atoms with Gasteiger partial charge in [0.25, 0.3) is 0 Å². The second-order valence-electron chi connectivity index (χ2n) is 3.02. The van der Waals surface area contributed by atoms with Gasteiger partial charge in [0, 0.05) is 22.0 Å². The van der Waals surface area contributed by atoms with Crippen molar-refractivity contribution in [3.63, 3.8) is 0 Å². The molecule has 0 spiro atoms. The number of benzene rings is 1. The minimum absolute atomic E-state index is 0.0945. The maximum Gasteiger partial charge on any atom is 0.331 e. The lowest BCUT2D eigenvalue weighted by atomic mass is 10.0. The van der Waals surface area contributed by atoms with Crippen molar-refractivity contribution in [3.8, 4) is 0 Å². The summed E-state index contributed by atoms with van der Waals surface area (Å²) in [7, 11) is 0. The van der Waals surface area contributed by atoms with Crippen LogP contribution in [0, 0.1) is 0 Å². The molecule has 1 aromatic carbocycles. The van der Waals surface area contributed by atoms with Crippen LogP contribution in [0.5, 0.6) is 0 Å². The normalized spacial score (nSPS) is 9.67. The summed E-state index contributed by atoms with van der Waals surface area (Å²) >= 11 is 3.25. The second-order valence-corrected chi connectivity index (χ2v) is 3.93. The Morgan fingerprint density at radius 3 is 2.27 bits per heavy atom. The molecule has 0 aliphatic rings. The van der Waals surface area contributed by atoms with Crippen LogP contribution >= 0.6 is 15.9 Å². The third kappa shape index (κ3) is 3.32. The van der Waals surface area contributed by atoms with E-state index in [1.807, 2.05) is 0 Å². The molecule has 0 atom stereocenters. The van der Waals surface area contributed by atoms with Crippen molar-refractivity contribution in [1.82, 2.24) is 0 Å². The van der Waals surface area contributed by atoms with Crippen LogP contribution in [0.25, 0.3) is 0 Å². The van der Waals surface area contributed by atoms with Crippen molar-refractivity contribution in [2.75, 3.05) is 0 Å². The molecule has 1 aromatic rings. The maximum atomic E-state index is 11.5. The summed E-state index contributed by atoms with van der Waals surface area (Å²) < 4.78 is 0.871. The van der Waals surface area contributed by atoms with E-state index in [9.17, 15) is 9.59 Å². The number of carbonyl (C=O) groups excluding carboxylic acids is 1. The Labute approximate surface area is 95.6 Å². The second kappa shape index (κ2) is 4.89. The van der Waals surface area contributed by atoms with Gasteiger partial charge in [-0.2, -0.15) is 0 Å². The largest absolute Gasteiger partial charge is 0.478 e. The van der Waals surface area contributed by atoms with E-state index in [0.29, 0.717) is 5.56 Å². The van der Waals surface area contributed by atoms with Crippen molar-refractivity contribution < 1.29 is 14.7 Å². The predicted octanol–water partition coefficient (Wildman–Crippen LogP) is 2.66. The van der Waals surface area contributed by atoms with E-state index in [1.165, 1.54) is 0 Å². The van der Waals surface area contributed by atoms with Crippen LogP contribution in [0.15, 0.2) is 40.9 Å². The van der Waals surface area contributed by atoms with Gasteiger partial charge < -0.3 is 5.11 Å². The number of ketones is 1. The van der Waals surface area contributed by atoms with E-state index in [-0.39, 0.29) is 17.8 Å². The Morgan fingerprint density at radius 1 is 1.27 bits per heavy atom. The number of carboxylic acid groups (broad SMARTS) is 1. The fourth-order valence-electron chi connectivity index (χ4n) is 1.01. The Kier molecular flexibility index (Phi) is 3.80. The van der Waals surface area contributed by atoms with E-state index in [4.69, 9.17) is 5.11 Å². The van der Waals surface area contributed by atoms with E-state index in [2.05, 4.69) is 22.5 Å². The number of Topliss-reactive ketones (excluding diaryl/α,β-unsaturated/α-hetero) is 1. The van der Waals surface area contributed by atoms with Crippen LogP contribution in [0.3, 0.4) is 0 Å². The zero-order chi connectivity index (χ0) is 11.4. The molecule has 0 aliphatic heterocycles. The van der Waals surface area contributed by atoms with Gasteiger partial charge in [-0.25, -0.2) is 4.79 Å². The molecule has 1 N–H and O–H groups in total. The lowest BCUT2D eigenvalue weighted by Crippen LogP contribution is -2.06. The summed E-state index contributed by atoms with van der Waals surface area (Å²) in [4.78, 5) is 22.0. The molecule has 0 unspecified atom stereocenters. The van der Waals surface area contributed by atoms with Crippen molar-refractivity contribution >= 4 is 27.7 Å². The van der Waals surface area contributed by atoms with Gasteiger partial charge in [0.2, 0.25) is 0 Å². The van der Waals surface area contributed by atoms with Gasteiger partial charge in [-0.1, -0.05) is 34.6 Å². The Morgan fingerprint density at radius 2 is 1.80 bits per heavy atom. The first-order chi connectivity index (χ1) is 7.00. The van der Waals surface area contributed by atoms with Gasteiger partial charge >= 0.3 is 5.97 Å². The number of carboxylic acids is 1. The molecule has 4 heteroatoms. The fraction of sp³-hybridized carbons (Fsp3) is 0.0909. The Hall–Kier alpha value is -1.42. The zero-order valence-electron chi connectivity index (χ0n) is 7.87. The van der Waals surface area contributed by atoms with Crippen molar-refractivity contribution in [2.45, 2.75) is 6.42 Å². The molecule has 15 heavy (non-hydrogen) atoms. The highest BCUT2D eigenvalue weighted by Gasteiger charge is 2.11. The summed E-state index contributed by atoms with van der Waals surface area (Å²) in [6.07, 6.45) is -0.156. The van der Waals surface area contributed by atoms with E-state index in [1.54, 1.807) is 24.3 Å². The van der Waals surface area contributed by atoms with Gasteiger partial charge in [0.1, 0.15) is 0 Å². The molecule has 0 fully saturated rings. The SMILES string of the molecule is C=C(CC(=O)c1ccc(Br)cc1)C(=O)O. The highest BCUT2D eigenvalue weighted by atomic mass is 79.9. The van der Waals surface area contributed by atoms with E-state index < -0.39 is 5.97 Å². The van der Waals surface area contributed by atoms with Gasteiger partial charge in [0.05, 0.1) is 0 Å². The average molecular weight is 269 g/mol. The molecule has 0 amide bonds. The standard InChI is InChI=1S/C11H9BrO3/c1-7(11(14)15)6-10(13)8-2-4-9(12)5-3-8/h2-5H,1,6H2,(H,14,15). The summed E-state index contributed by atoms with van der Waals surface area (Å²) in [6, 6.07) is 6.75. The first-order valence-electron chi connectivity index (χ1n) is 4.20. The number of hydrogen-bond donors (Lipinski definition) is 1. The van der Waals surface area contributed by atoms with Crippen LogP contribution < -0.4 is 0 Å². The third-order valence-corrected chi connectivity index (χ3v) is 2.37. The van der Waals surface area contributed by atoms with Crippen LogP contribution in [-0.4, -0.2) is 16.9 Å². The molecule has 0 saturated carbocycles. The van der Waals surface area contributed by atoms with Gasteiger partial charge in [-0.3, -0.25) is 4.79 Å². The minimum atomic E-state index is -1.14.